The van der Waals surface area contributed by atoms with Crippen molar-refractivity contribution in [2.75, 3.05) is 0 Å². The Morgan fingerprint density at radius 1 is 1.00 bits per heavy atom. The van der Waals surface area contributed by atoms with Gasteiger partial charge in [0.2, 0.25) is 11.8 Å². The number of carbonyl (C=O) groups is 2. The Labute approximate surface area is 169 Å². The Balaban J connectivity index is 2.18. The molecule has 4 heteroatoms. The molecule has 0 aliphatic carbocycles. The van der Waals surface area contributed by atoms with Crippen molar-refractivity contribution in [1.29, 1.82) is 0 Å². The summed E-state index contributed by atoms with van der Waals surface area (Å²) < 4.78 is 0. The van der Waals surface area contributed by atoms with Gasteiger partial charge in [0.15, 0.2) is 0 Å². The predicted octanol–water partition coefficient (Wildman–Crippen LogP) is 4.26. The van der Waals surface area contributed by atoms with Crippen LogP contribution in [0.3, 0.4) is 0 Å². The Kier molecular flexibility index (Phi) is 7.38. The zero-order valence-electron chi connectivity index (χ0n) is 17.7. The molecule has 0 unspecified atom stereocenters. The standard InChI is InChI=1S/C24H32N2O2/c1-18-11-9-10-14-21(18)17-26(19(2)23(28)25-24(3,4)5)22(27)16-15-20-12-7-6-8-13-20/h6-14,19H,15-17H2,1-5H3,(H,25,28)/t19-/m0/s1. The summed E-state index contributed by atoms with van der Waals surface area (Å²) in [4.78, 5) is 27.5. The Morgan fingerprint density at radius 2 is 1.61 bits per heavy atom. The van der Waals surface area contributed by atoms with Gasteiger partial charge in [-0.1, -0.05) is 54.6 Å². The first-order chi connectivity index (χ1) is 13.2. The van der Waals surface area contributed by atoms with Crippen molar-refractivity contribution in [1.82, 2.24) is 10.2 Å². The molecule has 0 saturated heterocycles. The number of carbonyl (C=O) groups excluding carboxylic acids is 2. The van der Waals surface area contributed by atoms with Gasteiger partial charge in [0.05, 0.1) is 0 Å². The number of nitrogens with zero attached hydrogens (tertiary/aromatic N) is 1. The van der Waals surface area contributed by atoms with Crippen LogP contribution in [-0.2, 0) is 22.6 Å². The molecule has 1 N–H and O–H groups in total. The summed E-state index contributed by atoms with van der Waals surface area (Å²) in [5.74, 6) is -0.141. The summed E-state index contributed by atoms with van der Waals surface area (Å²) in [7, 11) is 0. The maximum atomic E-state index is 13.1. The lowest BCUT2D eigenvalue weighted by molar-refractivity contribution is -0.141. The smallest absolute Gasteiger partial charge is 0.242 e. The summed E-state index contributed by atoms with van der Waals surface area (Å²) in [6, 6.07) is 17.4. The Morgan fingerprint density at radius 3 is 2.21 bits per heavy atom. The van der Waals surface area contributed by atoms with Crippen LogP contribution in [0.2, 0.25) is 0 Å². The number of benzene rings is 2. The molecule has 0 aliphatic heterocycles. The Hall–Kier alpha value is -2.62. The molecule has 0 saturated carbocycles. The van der Waals surface area contributed by atoms with Crippen LogP contribution < -0.4 is 5.32 Å². The number of hydrogen-bond acceptors (Lipinski definition) is 2. The molecule has 0 bridgehead atoms. The molecule has 0 aliphatic rings. The van der Waals surface area contributed by atoms with E-state index in [0.717, 1.165) is 16.7 Å². The lowest BCUT2D eigenvalue weighted by Crippen LogP contribution is -2.52. The van der Waals surface area contributed by atoms with Crippen LogP contribution in [0.15, 0.2) is 54.6 Å². The van der Waals surface area contributed by atoms with E-state index in [2.05, 4.69) is 5.32 Å². The van der Waals surface area contributed by atoms with Crippen LogP contribution in [0.25, 0.3) is 0 Å². The second-order valence-electron chi connectivity index (χ2n) is 8.35. The van der Waals surface area contributed by atoms with Gasteiger partial charge in [-0.2, -0.15) is 0 Å². The molecule has 2 rings (SSSR count). The third-order valence-corrected chi connectivity index (χ3v) is 4.74. The highest BCUT2D eigenvalue weighted by Crippen LogP contribution is 2.16. The zero-order valence-corrected chi connectivity index (χ0v) is 17.7. The quantitative estimate of drug-likeness (QED) is 0.780. The third-order valence-electron chi connectivity index (χ3n) is 4.74. The monoisotopic (exact) mass is 380 g/mol. The van der Waals surface area contributed by atoms with Gasteiger partial charge >= 0.3 is 0 Å². The fraction of sp³-hybridized carbons (Fsp3) is 0.417. The molecule has 0 fully saturated rings. The van der Waals surface area contributed by atoms with Gasteiger partial charge in [-0.05, 0) is 57.7 Å². The first-order valence-electron chi connectivity index (χ1n) is 9.87. The highest BCUT2D eigenvalue weighted by Gasteiger charge is 2.28. The second-order valence-corrected chi connectivity index (χ2v) is 8.35. The first-order valence-corrected chi connectivity index (χ1v) is 9.87. The molecule has 4 nitrogen and oxygen atoms in total. The summed E-state index contributed by atoms with van der Waals surface area (Å²) in [6.45, 7) is 10.1. The van der Waals surface area contributed by atoms with E-state index in [1.807, 2.05) is 82.3 Å². The summed E-state index contributed by atoms with van der Waals surface area (Å²) in [5.41, 5.74) is 2.96. The molecule has 0 spiro atoms. The van der Waals surface area contributed by atoms with Crippen molar-refractivity contribution in [3.63, 3.8) is 0 Å². The van der Waals surface area contributed by atoms with Gasteiger partial charge in [0.1, 0.15) is 6.04 Å². The van der Waals surface area contributed by atoms with Crippen LogP contribution >= 0.6 is 0 Å². The van der Waals surface area contributed by atoms with Crippen molar-refractivity contribution in [2.45, 2.75) is 65.6 Å². The molecule has 0 aromatic heterocycles. The van der Waals surface area contributed by atoms with Crippen LogP contribution in [0.1, 0.15) is 50.8 Å². The highest BCUT2D eigenvalue weighted by atomic mass is 16.2. The van der Waals surface area contributed by atoms with E-state index in [0.29, 0.717) is 19.4 Å². The number of aryl methyl sites for hydroxylation is 2. The van der Waals surface area contributed by atoms with Gasteiger partial charge in [0, 0.05) is 18.5 Å². The molecule has 2 aromatic carbocycles. The van der Waals surface area contributed by atoms with Crippen LogP contribution in [-0.4, -0.2) is 28.3 Å². The maximum Gasteiger partial charge on any atom is 0.242 e. The van der Waals surface area contributed by atoms with E-state index in [9.17, 15) is 9.59 Å². The van der Waals surface area contributed by atoms with Crippen LogP contribution in [0.5, 0.6) is 0 Å². The third kappa shape index (κ3) is 6.52. The molecule has 150 valence electrons. The lowest BCUT2D eigenvalue weighted by atomic mass is 10.0. The highest BCUT2D eigenvalue weighted by molar-refractivity contribution is 5.87. The minimum atomic E-state index is -0.540. The fourth-order valence-electron chi connectivity index (χ4n) is 3.07. The minimum absolute atomic E-state index is 0.0105. The van der Waals surface area contributed by atoms with E-state index in [-0.39, 0.29) is 17.4 Å². The normalized spacial score (nSPS) is 12.3. The van der Waals surface area contributed by atoms with Crippen molar-refractivity contribution in [3.05, 3.63) is 71.3 Å². The summed E-state index contributed by atoms with van der Waals surface area (Å²) >= 11 is 0. The van der Waals surface area contributed by atoms with Gasteiger partial charge in [-0.25, -0.2) is 0 Å². The first kappa shape index (κ1) is 21.7. The summed E-state index contributed by atoms with van der Waals surface area (Å²) in [6.07, 6.45) is 1.04. The van der Waals surface area contributed by atoms with Crippen molar-refractivity contribution in [3.8, 4) is 0 Å². The zero-order chi connectivity index (χ0) is 20.7. The van der Waals surface area contributed by atoms with Gasteiger partial charge in [-0.3, -0.25) is 9.59 Å². The number of nitrogens with one attached hydrogen (secondary N) is 1. The van der Waals surface area contributed by atoms with Gasteiger partial charge < -0.3 is 10.2 Å². The second kappa shape index (κ2) is 9.54. The number of rotatable bonds is 7. The minimum Gasteiger partial charge on any atom is -0.350 e. The van der Waals surface area contributed by atoms with Gasteiger partial charge in [0.25, 0.3) is 0 Å². The average Bonchev–Trinajstić information content (AvgIpc) is 2.64. The van der Waals surface area contributed by atoms with Crippen molar-refractivity contribution < 1.29 is 9.59 Å². The molecule has 1 atom stereocenters. The van der Waals surface area contributed by atoms with Gasteiger partial charge in [-0.15, -0.1) is 0 Å². The van der Waals surface area contributed by atoms with Crippen molar-refractivity contribution in [2.24, 2.45) is 0 Å². The average molecular weight is 381 g/mol. The number of amides is 2. The predicted molar refractivity (Wildman–Crippen MR) is 114 cm³/mol. The number of hydrogen-bond donors (Lipinski definition) is 1. The maximum absolute atomic E-state index is 13.1. The molecule has 28 heavy (non-hydrogen) atoms. The molecular weight excluding hydrogens is 348 g/mol. The van der Waals surface area contributed by atoms with Crippen molar-refractivity contribution >= 4 is 11.8 Å². The molecule has 0 radical (unpaired) electrons. The topological polar surface area (TPSA) is 49.4 Å². The molecular formula is C24H32N2O2. The van der Waals surface area contributed by atoms with E-state index in [4.69, 9.17) is 0 Å². The van der Waals surface area contributed by atoms with Crippen LogP contribution in [0, 0.1) is 6.92 Å². The summed E-state index contributed by atoms with van der Waals surface area (Å²) in [5, 5.41) is 3.00. The van der Waals surface area contributed by atoms with E-state index in [1.165, 1.54) is 0 Å². The Bertz CT molecular complexity index is 794. The largest absolute Gasteiger partial charge is 0.350 e. The lowest BCUT2D eigenvalue weighted by Gasteiger charge is -2.32. The molecule has 2 amide bonds. The van der Waals surface area contributed by atoms with E-state index in [1.54, 1.807) is 11.8 Å². The SMILES string of the molecule is Cc1ccccc1CN(C(=O)CCc1ccccc1)[C@@H](C)C(=O)NC(C)(C)C. The fourth-order valence-corrected chi connectivity index (χ4v) is 3.07. The molecule has 0 heterocycles. The molecule has 2 aromatic rings. The van der Waals surface area contributed by atoms with E-state index >= 15 is 0 Å². The van der Waals surface area contributed by atoms with E-state index < -0.39 is 6.04 Å². The van der Waals surface area contributed by atoms with Crippen LogP contribution in [0.4, 0.5) is 0 Å².